The van der Waals surface area contributed by atoms with E-state index >= 15 is 0 Å². The van der Waals surface area contributed by atoms with Crippen molar-refractivity contribution < 1.29 is 9.53 Å². The Labute approximate surface area is 159 Å². The van der Waals surface area contributed by atoms with E-state index in [-0.39, 0.29) is 11.8 Å². The van der Waals surface area contributed by atoms with Crippen LogP contribution in [0.4, 0.5) is 0 Å². The molecule has 2 aromatic carbocycles. The summed E-state index contributed by atoms with van der Waals surface area (Å²) in [6.07, 6.45) is 3.29. The summed E-state index contributed by atoms with van der Waals surface area (Å²) in [5, 5.41) is 0. The Balaban J connectivity index is 1.40. The second kappa shape index (κ2) is 7.82. The van der Waals surface area contributed by atoms with Crippen molar-refractivity contribution in [3.8, 4) is 5.75 Å². The largest absolute Gasteiger partial charge is 0.496 e. The number of methoxy groups -OCH3 is 1. The Bertz CT molecular complexity index is 901. The number of para-hydroxylation sites is 3. The van der Waals surface area contributed by atoms with E-state index in [0.717, 1.165) is 54.1 Å². The van der Waals surface area contributed by atoms with Crippen LogP contribution in [0.5, 0.6) is 5.75 Å². The predicted octanol–water partition coefficient (Wildman–Crippen LogP) is 3.91. The highest BCUT2D eigenvalue weighted by Gasteiger charge is 2.26. The molecular formula is C22H25N3O2. The summed E-state index contributed by atoms with van der Waals surface area (Å²) in [5.74, 6) is 2.34. The molecule has 0 spiro atoms. The molecule has 1 aliphatic rings. The number of rotatable bonds is 5. The summed E-state index contributed by atoms with van der Waals surface area (Å²) in [5.41, 5.74) is 3.14. The Morgan fingerprint density at radius 1 is 1.22 bits per heavy atom. The number of H-pyrrole nitrogens is 1. The lowest BCUT2D eigenvalue weighted by molar-refractivity contribution is -0.132. The monoisotopic (exact) mass is 363 g/mol. The third-order valence-corrected chi connectivity index (χ3v) is 5.37. The van der Waals surface area contributed by atoms with Gasteiger partial charge in [0.2, 0.25) is 5.91 Å². The third kappa shape index (κ3) is 3.82. The smallest absolute Gasteiger partial charge is 0.222 e. The molecule has 5 nitrogen and oxygen atoms in total. The maximum Gasteiger partial charge on any atom is 0.222 e. The lowest BCUT2D eigenvalue weighted by Crippen LogP contribution is -2.39. The normalized spacial score (nSPS) is 17.2. The number of aromatic amines is 1. The number of likely N-dealkylation sites (tertiary alicyclic amines) is 1. The van der Waals surface area contributed by atoms with E-state index in [0.29, 0.717) is 12.8 Å². The molecule has 5 heteroatoms. The molecule has 4 rings (SSSR count). The fourth-order valence-electron chi connectivity index (χ4n) is 3.90. The van der Waals surface area contributed by atoms with Gasteiger partial charge in [0.05, 0.1) is 18.1 Å². The SMILES string of the molecule is COc1ccccc1CCC(=O)N1CCCC(c2nc3ccccc3[nH]2)C1. The molecule has 1 saturated heterocycles. The maximum absolute atomic E-state index is 12.8. The van der Waals surface area contributed by atoms with Gasteiger partial charge in [-0.2, -0.15) is 0 Å². The van der Waals surface area contributed by atoms with Gasteiger partial charge < -0.3 is 14.6 Å². The highest BCUT2D eigenvalue weighted by atomic mass is 16.5. The van der Waals surface area contributed by atoms with Gasteiger partial charge in [0.25, 0.3) is 0 Å². The van der Waals surface area contributed by atoms with Crippen molar-refractivity contribution in [1.82, 2.24) is 14.9 Å². The van der Waals surface area contributed by atoms with Crippen molar-refractivity contribution in [1.29, 1.82) is 0 Å². The van der Waals surface area contributed by atoms with Crippen LogP contribution in [0, 0.1) is 0 Å². The second-order valence-corrected chi connectivity index (χ2v) is 7.13. The molecule has 140 valence electrons. The number of hydrogen-bond acceptors (Lipinski definition) is 3. The summed E-state index contributed by atoms with van der Waals surface area (Å²) in [4.78, 5) is 22.9. The van der Waals surface area contributed by atoms with Crippen molar-refractivity contribution in [2.75, 3.05) is 20.2 Å². The molecule has 27 heavy (non-hydrogen) atoms. The maximum atomic E-state index is 12.8. The molecule has 1 aliphatic heterocycles. The summed E-state index contributed by atoms with van der Waals surface area (Å²) < 4.78 is 5.39. The van der Waals surface area contributed by atoms with E-state index in [2.05, 4.69) is 4.98 Å². The van der Waals surface area contributed by atoms with Gasteiger partial charge in [0.15, 0.2) is 0 Å². The molecule has 1 N–H and O–H groups in total. The Kier molecular flexibility index (Phi) is 5.10. The number of nitrogens with one attached hydrogen (secondary N) is 1. The zero-order chi connectivity index (χ0) is 18.6. The van der Waals surface area contributed by atoms with Crippen LogP contribution < -0.4 is 4.74 Å². The Morgan fingerprint density at radius 3 is 2.89 bits per heavy atom. The van der Waals surface area contributed by atoms with Crippen LogP contribution in [0.15, 0.2) is 48.5 Å². The Morgan fingerprint density at radius 2 is 2.04 bits per heavy atom. The van der Waals surface area contributed by atoms with Gasteiger partial charge in [-0.3, -0.25) is 4.79 Å². The third-order valence-electron chi connectivity index (χ3n) is 5.37. The van der Waals surface area contributed by atoms with Crippen LogP contribution in [0.3, 0.4) is 0 Å². The highest BCUT2D eigenvalue weighted by molar-refractivity contribution is 5.77. The first-order valence-electron chi connectivity index (χ1n) is 9.59. The lowest BCUT2D eigenvalue weighted by atomic mass is 9.96. The number of piperidine rings is 1. The molecule has 1 amide bonds. The molecule has 0 bridgehead atoms. The first-order valence-corrected chi connectivity index (χ1v) is 9.59. The molecule has 1 atom stereocenters. The number of aromatic nitrogens is 2. The number of carbonyl (C=O) groups is 1. The topological polar surface area (TPSA) is 58.2 Å². The van der Waals surface area contributed by atoms with Crippen molar-refractivity contribution in [2.24, 2.45) is 0 Å². The number of hydrogen-bond donors (Lipinski definition) is 1. The standard InChI is InChI=1S/C22H25N3O2/c1-27-20-11-5-2-7-16(20)12-13-21(26)25-14-6-8-17(15-25)22-23-18-9-3-4-10-19(18)24-22/h2-5,7,9-11,17H,6,8,12-15H2,1H3,(H,23,24). The fourth-order valence-corrected chi connectivity index (χ4v) is 3.90. The molecule has 1 unspecified atom stereocenters. The minimum atomic E-state index is 0.210. The molecule has 1 fully saturated rings. The molecule has 2 heterocycles. The van der Waals surface area contributed by atoms with Gasteiger partial charge in [0.1, 0.15) is 11.6 Å². The number of carbonyl (C=O) groups excluding carboxylic acids is 1. The average molecular weight is 363 g/mol. The van der Waals surface area contributed by atoms with Gasteiger partial charge in [-0.25, -0.2) is 4.98 Å². The van der Waals surface area contributed by atoms with Gasteiger partial charge in [0, 0.05) is 25.4 Å². The zero-order valence-corrected chi connectivity index (χ0v) is 15.6. The van der Waals surface area contributed by atoms with Gasteiger partial charge in [-0.05, 0) is 43.0 Å². The molecule has 0 radical (unpaired) electrons. The first kappa shape index (κ1) is 17.6. The minimum absolute atomic E-state index is 0.210. The van der Waals surface area contributed by atoms with Gasteiger partial charge in [-0.1, -0.05) is 30.3 Å². The first-order chi connectivity index (χ1) is 13.2. The van der Waals surface area contributed by atoms with E-state index in [1.54, 1.807) is 7.11 Å². The van der Waals surface area contributed by atoms with E-state index in [1.807, 2.05) is 53.4 Å². The number of benzene rings is 2. The summed E-state index contributed by atoms with van der Waals surface area (Å²) >= 11 is 0. The number of imidazole rings is 1. The molecule has 0 aliphatic carbocycles. The molecule has 3 aromatic rings. The lowest BCUT2D eigenvalue weighted by Gasteiger charge is -2.32. The fraction of sp³-hybridized carbons (Fsp3) is 0.364. The molecule has 0 saturated carbocycles. The number of amides is 1. The quantitative estimate of drug-likeness (QED) is 0.748. The zero-order valence-electron chi connectivity index (χ0n) is 15.6. The van der Waals surface area contributed by atoms with Crippen molar-refractivity contribution in [2.45, 2.75) is 31.6 Å². The van der Waals surface area contributed by atoms with Crippen LogP contribution in [0.2, 0.25) is 0 Å². The molecular weight excluding hydrogens is 338 g/mol. The van der Waals surface area contributed by atoms with E-state index in [9.17, 15) is 4.79 Å². The van der Waals surface area contributed by atoms with Crippen LogP contribution >= 0.6 is 0 Å². The van der Waals surface area contributed by atoms with Crippen LogP contribution in [0.25, 0.3) is 11.0 Å². The molecule has 1 aromatic heterocycles. The second-order valence-electron chi connectivity index (χ2n) is 7.13. The Hall–Kier alpha value is -2.82. The number of aryl methyl sites for hydroxylation is 1. The van der Waals surface area contributed by atoms with Crippen LogP contribution in [-0.4, -0.2) is 41.0 Å². The van der Waals surface area contributed by atoms with Crippen molar-refractivity contribution in [3.63, 3.8) is 0 Å². The number of ether oxygens (including phenoxy) is 1. The van der Waals surface area contributed by atoms with E-state index in [1.165, 1.54) is 0 Å². The van der Waals surface area contributed by atoms with Crippen LogP contribution in [0.1, 0.15) is 36.6 Å². The van der Waals surface area contributed by atoms with E-state index in [4.69, 9.17) is 9.72 Å². The number of nitrogens with zero attached hydrogens (tertiary/aromatic N) is 2. The number of fused-ring (bicyclic) bond motifs is 1. The van der Waals surface area contributed by atoms with E-state index < -0.39 is 0 Å². The predicted molar refractivity (Wildman–Crippen MR) is 106 cm³/mol. The van der Waals surface area contributed by atoms with Gasteiger partial charge >= 0.3 is 0 Å². The average Bonchev–Trinajstić information content (AvgIpc) is 3.16. The van der Waals surface area contributed by atoms with Crippen molar-refractivity contribution in [3.05, 3.63) is 59.9 Å². The minimum Gasteiger partial charge on any atom is -0.496 e. The highest BCUT2D eigenvalue weighted by Crippen LogP contribution is 2.27. The summed E-state index contributed by atoms with van der Waals surface area (Å²) in [6.45, 7) is 1.58. The van der Waals surface area contributed by atoms with Crippen molar-refractivity contribution >= 4 is 16.9 Å². The van der Waals surface area contributed by atoms with Gasteiger partial charge in [-0.15, -0.1) is 0 Å². The van der Waals surface area contributed by atoms with Crippen LogP contribution in [-0.2, 0) is 11.2 Å². The summed E-state index contributed by atoms with van der Waals surface area (Å²) in [7, 11) is 1.67. The summed E-state index contributed by atoms with van der Waals surface area (Å²) in [6, 6.07) is 16.0.